The second-order valence-electron chi connectivity index (χ2n) is 3.51. The van der Waals surface area contributed by atoms with Crippen molar-refractivity contribution in [3.63, 3.8) is 0 Å². The van der Waals surface area contributed by atoms with Crippen molar-refractivity contribution >= 4 is 5.82 Å². The predicted molar refractivity (Wildman–Crippen MR) is 65.3 cm³/mol. The highest BCUT2D eigenvalue weighted by molar-refractivity contribution is 5.29. The summed E-state index contributed by atoms with van der Waals surface area (Å²) in [5, 5.41) is 2.98. The average molecular weight is 241 g/mol. The Labute approximate surface area is 100 Å². The Morgan fingerprint density at radius 3 is 3.00 bits per heavy atom. The molecule has 0 radical (unpaired) electrons. The van der Waals surface area contributed by atoms with Crippen LogP contribution in [0.25, 0.3) is 0 Å². The van der Waals surface area contributed by atoms with Crippen molar-refractivity contribution in [3.8, 4) is 0 Å². The van der Waals surface area contributed by atoms with Crippen molar-refractivity contribution < 1.29 is 9.47 Å². The van der Waals surface area contributed by atoms with Crippen LogP contribution in [0.5, 0.6) is 0 Å². The molecule has 2 N–H and O–H groups in total. The lowest BCUT2D eigenvalue weighted by Gasteiger charge is -2.05. The maximum atomic E-state index is 11.2. The summed E-state index contributed by atoms with van der Waals surface area (Å²) < 4.78 is 10.2. The first-order chi connectivity index (χ1) is 8.34. The molecule has 0 aliphatic heterocycles. The minimum absolute atomic E-state index is 0.191. The summed E-state index contributed by atoms with van der Waals surface area (Å²) in [4.78, 5) is 17.7. The van der Waals surface area contributed by atoms with Crippen LogP contribution in [0.1, 0.15) is 12.8 Å². The molecule has 1 heterocycles. The molecule has 0 amide bonds. The zero-order chi connectivity index (χ0) is 12.3. The van der Waals surface area contributed by atoms with E-state index in [1.807, 2.05) is 0 Å². The van der Waals surface area contributed by atoms with Crippen LogP contribution in [-0.4, -0.2) is 43.4 Å². The van der Waals surface area contributed by atoms with Crippen molar-refractivity contribution in [2.75, 3.05) is 38.8 Å². The molecule has 1 aromatic rings. The average Bonchev–Trinajstić information content (AvgIpc) is 2.35. The lowest BCUT2D eigenvalue weighted by Crippen LogP contribution is -2.16. The molecule has 0 aromatic carbocycles. The molecule has 0 saturated heterocycles. The predicted octanol–water partition coefficient (Wildman–Crippen LogP) is 0.625. The van der Waals surface area contributed by atoms with Gasteiger partial charge >= 0.3 is 0 Å². The Kier molecular flexibility index (Phi) is 7.01. The third kappa shape index (κ3) is 6.03. The van der Waals surface area contributed by atoms with Gasteiger partial charge in [0, 0.05) is 32.7 Å². The molecule has 96 valence electrons. The summed E-state index contributed by atoms with van der Waals surface area (Å²) in [5.74, 6) is 0.368. The Morgan fingerprint density at radius 1 is 1.35 bits per heavy atom. The number of ether oxygens (including phenoxy) is 2. The fourth-order valence-electron chi connectivity index (χ4n) is 1.26. The number of nitrogens with one attached hydrogen (secondary N) is 2. The standard InChI is InChI=1S/C11H19N3O3/c1-16-8-9-17-7-3-2-4-12-10-11(15)14-6-5-13-10/h5-6H,2-4,7-9H2,1H3,(H,12,13)(H,14,15). The van der Waals surface area contributed by atoms with Gasteiger partial charge in [-0.3, -0.25) is 4.79 Å². The highest BCUT2D eigenvalue weighted by Crippen LogP contribution is 1.94. The molecule has 0 aliphatic rings. The van der Waals surface area contributed by atoms with Gasteiger partial charge in [-0.15, -0.1) is 0 Å². The normalized spacial score (nSPS) is 10.4. The summed E-state index contributed by atoms with van der Waals surface area (Å²) in [5.41, 5.74) is -0.191. The molecule has 1 aromatic heterocycles. The van der Waals surface area contributed by atoms with Crippen molar-refractivity contribution in [1.29, 1.82) is 0 Å². The number of nitrogens with zero attached hydrogens (tertiary/aromatic N) is 1. The SMILES string of the molecule is COCCOCCCCNc1ncc[nH]c1=O. The third-order valence-electron chi connectivity index (χ3n) is 2.15. The van der Waals surface area contributed by atoms with Gasteiger partial charge in [-0.2, -0.15) is 0 Å². The molecule has 1 rings (SSSR count). The summed E-state index contributed by atoms with van der Waals surface area (Å²) in [6, 6.07) is 0. The van der Waals surface area contributed by atoms with E-state index in [4.69, 9.17) is 9.47 Å². The molecule has 0 fully saturated rings. The van der Waals surface area contributed by atoms with Gasteiger partial charge in [-0.05, 0) is 12.8 Å². The molecule has 0 atom stereocenters. The van der Waals surface area contributed by atoms with Gasteiger partial charge in [-0.25, -0.2) is 4.98 Å². The smallest absolute Gasteiger partial charge is 0.290 e. The Bertz CT molecular complexity index is 354. The second kappa shape index (κ2) is 8.72. The first-order valence-corrected chi connectivity index (χ1v) is 5.69. The monoisotopic (exact) mass is 241 g/mol. The maximum Gasteiger partial charge on any atom is 0.290 e. The number of H-pyrrole nitrogens is 1. The second-order valence-corrected chi connectivity index (χ2v) is 3.51. The molecule has 0 spiro atoms. The molecular formula is C11H19N3O3. The summed E-state index contributed by atoms with van der Waals surface area (Å²) in [6.45, 7) is 2.68. The van der Waals surface area contributed by atoms with E-state index >= 15 is 0 Å². The zero-order valence-electron chi connectivity index (χ0n) is 10.1. The molecule has 0 bridgehead atoms. The van der Waals surface area contributed by atoms with E-state index in [-0.39, 0.29) is 5.56 Å². The number of rotatable bonds is 9. The summed E-state index contributed by atoms with van der Waals surface area (Å²) >= 11 is 0. The van der Waals surface area contributed by atoms with Crippen molar-refractivity contribution in [2.24, 2.45) is 0 Å². The van der Waals surface area contributed by atoms with Crippen molar-refractivity contribution in [3.05, 3.63) is 22.7 Å². The number of hydrogen-bond donors (Lipinski definition) is 2. The van der Waals surface area contributed by atoms with E-state index in [1.54, 1.807) is 13.3 Å². The molecular weight excluding hydrogens is 222 g/mol. The number of aromatic nitrogens is 2. The van der Waals surface area contributed by atoms with Gasteiger partial charge in [0.1, 0.15) is 0 Å². The van der Waals surface area contributed by atoms with E-state index in [0.29, 0.717) is 32.2 Å². The highest BCUT2D eigenvalue weighted by Gasteiger charge is 1.97. The van der Waals surface area contributed by atoms with Crippen LogP contribution >= 0.6 is 0 Å². The Hall–Kier alpha value is -1.40. The van der Waals surface area contributed by atoms with Crippen LogP contribution < -0.4 is 10.9 Å². The van der Waals surface area contributed by atoms with Crippen LogP contribution in [-0.2, 0) is 9.47 Å². The summed E-state index contributed by atoms with van der Waals surface area (Å²) in [6.07, 6.45) is 4.94. The lowest BCUT2D eigenvalue weighted by molar-refractivity contribution is 0.0691. The van der Waals surface area contributed by atoms with Crippen LogP contribution in [0.15, 0.2) is 17.2 Å². The van der Waals surface area contributed by atoms with Gasteiger partial charge < -0.3 is 19.8 Å². The van der Waals surface area contributed by atoms with Crippen molar-refractivity contribution in [1.82, 2.24) is 9.97 Å². The van der Waals surface area contributed by atoms with E-state index in [2.05, 4.69) is 15.3 Å². The summed E-state index contributed by atoms with van der Waals surface area (Å²) in [7, 11) is 1.65. The van der Waals surface area contributed by atoms with E-state index in [9.17, 15) is 4.79 Å². The first-order valence-electron chi connectivity index (χ1n) is 5.69. The number of methoxy groups -OCH3 is 1. The zero-order valence-corrected chi connectivity index (χ0v) is 10.1. The topological polar surface area (TPSA) is 76.2 Å². The Balaban J connectivity index is 2.01. The number of aromatic amines is 1. The van der Waals surface area contributed by atoms with Crippen LogP contribution in [0.4, 0.5) is 5.82 Å². The van der Waals surface area contributed by atoms with E-state index in [1.165, 1.54) is 6.20 Å². The quantitative estimate of drug-likeness (QED) is 0.620. The molecule has 6 nitrogen and oxygen atoms in total. The molecule has 0 unspecified atom stereocenters. The molecule has 17 heavy (non-hydrogen) atoms. The number of anilines is 1. The largest absolute Gasteiger partial charge is 0.382 e. The highest BCUT2D eigenvalue weighted by atomic mass is 16.5. The minimum Gasteiger partial charge on any atom is -0.382 e. The van der Waals surface area contributed by atoms with Gasteiger partial charge in [-0.1, -0.05) is 0 Å². The number of hydrogen-bond acceptors (Lipinski definition) is 5. The van der Waals surface area contributed by atoms with Crippen molar-refractivity contribution in [2.45, 2.75) is 12.8 Å². The van der Waals surface area contributed by atoms with E-state index < -0.39 is 0 Å². The van der Waals surface area contributed by atoms with Gasteiger partial charge in [0.25, 0.3) is 5.56 Å². The first kappa shape index (κ1) is 13.7. The maximum absolute atomic E-state index is 11.2. The minimum atomic E-state index is -0.191. The fourth-order valence-corrected chi connectivity index (χ4v) is 1.26. The van der Waals surface area contributed by atoms with Crippen LogP contribution in [0.2, 0.25) is 0 Å². The third-order valence-corrected chi connectivity index (χ3v) is 2.15. The molecule has 0 aliphatic carbocycles. The van der Waals surface area contributed by atoms with Crippen LogP contribution in [0.3, 0.4) is 0 Å². The lowest BCUT2D eigenvalue weighted by atomic mass is 10.3. The Morgan fingerprint density at radius 2 is 2.24 bits per heavy atom. The van der Waals surface area contributed by atoms with E-state index in [0.717, 1.165) is 12.8 Å². The van der Waals surface area contributed by atoms with Gasteiger partial charge in [0.2, 0.25) is 0 Å². The van der Waals surface area contributed by atoms with Gasteiger partial charge in [0.05, 0.1) is 13.2 Å². The number of unbranched alkanes of at least 4 members (excludes halogenated alkanes) is 1. The fraction of sp³-hybridized carbons (Fsp3) is 0.636. The van der Waals surface area contributed by atoms with Crippen LogP contribution in [0, 0.1) is 0 Å². The molecule has 0 saturated carbocycles. The van der Waals surface area contributed by atoms with Gasteiger partial charge in [0.15, 0.2) is 5.82 Å². The molecule has 6 heteroatoms.